The van der Waals surface area contributed by atoms with Crippen LogP contribution >= 0.6 is 11.3 Å². The number of anilines is 1. The number of amides is 7. The molecule has 0 unspecified atom stereocenters. The molecular weight excluding hydrogens is 1020 g/mol. The Labute approximate surface area is 468 Å². The fraction of sp³-hybridized carbons (Fsp3) is 0.533. The van der Waals surface area contributed by atoms with Crippen molar-refractivity contribution in [2.45, 2.75) is 194 Å². The molecule has 8 atom stereocenters. The number of nitrogens with zero attached hydrogens (tertiary/aromatic N) is 3. The molecule has 1 fully saturated rings. The van der Waals surface area contributed by atoms with Crippen molar-refractivity contribution in [3.05, 3.63) is 105 Å². The Bertz CT molecular complexity index is 2880. The first-order chi connectivity index (χ1) is 37.3. The molecule has 18 nitrogen and oxygen atoms in total. The highest BCUT2D eigenvalue weighted by atomic mass is 32.1. The number of aromatic nitrogens is 1. The topological polar surface area (TPSA) is 252 Å². The van der Waals surface area contributed by atoms with E-state index in [1.54, 1.807) is 32.1 Å². The highest BCUT2D eigenvalue weighted by molar-refractivity contribution is 7.13. The van der Waals surface area contributed by atoms with E-state index in [9.17, 15) is 38.7 Å². The number of β-amino-alcohol motifs (C(OH)–C–C–N with tert-alkyl or cyclic N) is 1. The van der Waals surface area contributed by atoms with Gasteiger partial charge in [0.25, 0.3) is 0 Å². The Hall–Kier alpha value is -6.70. The predicted molar refractivity (Wildman–Crippen MR) is 303 cm³/mol. The summed E-state index contributed by atoms with van der Waals surface area (Å²) in [5, 5.41) is 22.6. The van der Waals surface area contributed by atoms with Gasteiger partial charge in [-0.15, -0.1) is 11.3 Å². The van der Waals surface area contributed by atoms with E-state index in [0.29, 0.717) is 37.8 Å². The van der Waals surface area contributed by atoms with Gasteiger partial charge in [-0.25, -0.2) is 9.78 Å². The highest BCUT2D eigenvalue weighted by Crippen LogP contribution is 2.39. The molecular formula is C60H80N8O10S. The normalized spacial score (nSPS) is 19.6. The van der Waals surface area contributed by atoms with Crippen LogP contribution in [-0.2, 0) is 64.1 Å². The van der Waals surface area contributed by atoms with Crippen molar-refractivity contribution in [2.24, 2.45) is 11.1 Å². The number of likely N-dealkylation sites (tertiary alicyclic amines) is 1. The third-order valence-corrected chi connectivity index (χ3v) is 16.1. The van der Waals surface area contributed by atoms with Gasteiger partial charge in [-0.2, -0.15) is 0 Å². The van der Waals surface area contributed by atoms with E-state index in [4.69, 9.17) is 15.2 Å². The van der Waals surface area contributed by atoms with E-state index < -0.39 is 83.2 Å². The molecule has 3 aliphatic rings. The van der Waals surface area contributed by atoms with Gasteiger partial charge in [-0.05, 0) is 131 Å². The molecule has 3 aromatic carbocycles. The van der Waals surface area contributed by atoms with Crippen LogP contribution in [0.2, 0.25) is 0 Å². The number of nitrogens with two attached hydrogens (primary N) is 1. The number of aryl methyl sites for hydroxylation is 4. The monoisotopic (exact) mass is 1100 g/mol. The van der Waals surface area contributed by atoms with Crippen LogP contribution in [0.15, 0.2) is 66.2 Å². The zero-order valence-corrected chi connectivity index (χ0v) is 48.2. The molecule has 79 heavy (non-hydrogen) atoms. The molecule has 4 heterocycles. The third kappa shape index (κ3) is 15.4. The van der Waals surface area contributed by atoms with Gasteiger partial charge in [0.05, 0.1) is 52.7 Å². The lowest BCUT2D eigenvalue weighted by molar-refractivity contribution is -0.144. The van der Waals surface area contributed by atoms with Crippen molar-refractivity contribution >= 4 is 58.6 Å². The number of alkyl carbamates (subject to hydrolysis) is 1. The number of para-hydroxylation sites is 1. The average Bonchev–Trinajstić information content (AvgIpc) is 4.33. The van der Waals surface area contributed by atoms with E-state index in [1.807, 2.05) is 115 Å². The van der Waals surface area contributed by atoms with E-state index in [1.165, 1.54) is 9.80 Å². The number of hydrogen-bond acceptors (Lipinski definition) is 12. The van der Waals surface area contributed by atoms with Crippen LogP contribution in [0.3, 0.4) is 0 Å². The van der Waals surface area contributed by atoms with Crippen LogP contribution in [0.1, 0.15) is 145 Å². The zero-order chi connectivity index (χ0) is 57.5. The van der Waals surface area contributed by atoms with Crippen molar-refractivity contribution in [1.29, 1.82) is 0 Å². The van der Waals surface area contributed by atoms with Gasteiger partial charge in [-0.1, -0.05) is 81.4 Å². The lowest BCUT2D eigenvalue weighted by Gasteiger charge is -2.35. The van der Waals surface area contributed by atoms with E-state index in [2.05, 4.69) is 26.3 Å². The number of aliphatic hydroxyl groups is 1. The van der Waals surface area contributed by atoms with Gasteiger partial charge >= 0.3 is 6.09 Å². The second-order valence-electron chi connectivity index (χ2n) is 23.6. The van der Waals surface area contributed by atoms with Gasteiger partial charge in [0.2, 0.25) is 35.4 Å². The number of hydrogen-bond donors (Lipinski definition) is 6. The molecule has 7 N–H and O–H groups in total. The number of rotatable bonds is 21. The molecule has 0 spiro atoms. The van der Waals surface area contributed by atoms with Crippen LogP contribution in [0.4, 0.5) is 10.5 Å². The molecule has 0 radical (unpaired) electrons. The maximum absolute atomic E-state index is 14.3. The SMILES string of the molecule is Cc1cc(CO[C@H](C)[C@H](CCC(N)=O)NC(=O)[C@@H]2Cc3cccc4c3N2C(=O)[C@@H](NC(=O)OC(C)(C)C)CC4)ccc1CCCCC(=O)N[C@H](C(=O)N1C[C@H](O)C[C@H]1C(=O)N[C@@H](C)c1ccc(-c2scnc2C)cc1)C(C)(C)C. The molecule has 4 aromatic rings. The predicted octanol–water partition coefficient (Wildman–Crippen LogP) is 6.96. The minimum Gasteiger partial charge on any atom is -0.444 e. The fourth-order valence-corrected chi connectivity index (χ4v) is 11.6. The van der Waals surface area contributed by atoms with Crippen LogP contribution in [0.5, 0.6) is 0 Å². The lowest BCUT2D eigenvalue weighted by atomic mass is 9.85. The molecule has 7 amide bonds. The van der Waals surface area contributed by atoms with E-state index in [0.717, 1.165) is 49.5 Å². The van der Waals surface area contributed by atoms with Crippen LogP contribution in [-0.4, -0.2) is 111 Å². The maximum atomic E-state index is 14.3. The van der Waals surface area contributed by atoms with Crippen LogP contribution < -0.4 is 31.9 Å². The summed E-state index contributed by atoms with van der Waals surface area (Å²) in [5.41, 5.74) is 14.3. The molecule has 0 bridgehead atoms. The molecule has 426 valence electrons. The molecule has 19 heteroatoms. The van der Waals surface area contributed by atoms with Gasteiger partial charge in [0, 0.05) is 32.2 Å². The van der Waals surface area contributed by atoms with Crippen molar-refractivity contribution < 1.29 is 48.1 Å². The first kappa shape index (κ1) is 60.0. The first-order valence-corrected chi connectivity index (χ1v) is 28.5. The summed E-state index contributed by atoms with van der Waals surface area (Å²) in [6.07, 6.45) is 1.43. The highest BCUT2D eigenvalue weighted by Gasteiger charge is 2.46. The van der Waals surface area contributed by atoms with Crippen LogP contribution in [0, 0.1) is 19.3 Å². The number of aliphatic hydroxyl groups excluding tert-OH is 1. The van der Waals surface area contributed by atoms with Gasteiger partial charge < -0.3 is 46.5 Å². The number of carbonyl (C=O) groups excluding carboxylic acids is 7. The Morgan fingerprint density at radius 2 is 1.59 bits per heavy atom. The Morgan fingerprint density at radius 3 is 2.25 bits per heavy atom. The van der Waals surface area contributed by atoms with Crippen molar-refractivity contribution in [3.63, 3.8) is 0 Å². The number of primary amides is 1. The van der Waals surface area contributed by atoms with Crippen molar-refractivity contribution in [1.82, 2.24) is 31.2 Å². The van der Waals surface area contributed by atoms with Gasteiger partial charge in [-0.3, -0.25) is 33.7 Å². The molecule has 7 rings (SSSR count). The average molecular weight is 1110 g/mol. The first-order valence-electron chi connectivity index (χ1n) is 27.6. The summed E-state index contributed by atoms with van der Waals surface area (Å²) in [4.78, 5) is 103. The minimum atomic E-state index is -0.932. The summed E-state index contributed by atoms with van der Waals surface area (Å²) in [5.74, 6) is -2.40. The second-order valence-corrected chi connectivity index (χ2v) is 24.4. The number of nitrogens with one attached hydrogen (secondary N) is 4. The quantitative estimate of drug-likeness (QED) is 0.0465. The number of benzene rings is 3. The van der Waals surface area contributed by atoms with Gasteiger partial charge in [0.15, 0.2) is 0 Å². The number of ether oxygens (including phenoxy) is 2. The van der Waals surface area contributed by atoms with E-state index >= 15 is 0 Å². The standard InChI is InChI=1S/C60H80N8O10S/c1-34-28-38(32-77-37(4)45(26-27-49(61)70)64-55(73)48-29-43-16-13-15-41-24-25-46(56(74)68(48)51(41)43)65-58(76)78-60(8,9)10)18-19-39(34)14-11-12-17-50(71)66-53(59(5,6)7)57(75)67-31-44(69)30-47(67)54(72)63-35(2)40-20-22-42(23-21-40)52-36(3)62-33-79-52/h13,15-16,18-23,28,33,35,37,44-48,53,69H,11-12,14,17,24-27,29-32H2,1-10H3,(H2,61,70)(H,63,72)(H,64,73)(H,65,76)(H,66,71)/t35-,37+,44+,45-,46-,47-,48-,53+/m0/s1. The summed E-state index contributed by atoms with van der Waals surface area (Å²) >= 11 is 1.57. The smallest absolute Gasteiger partial charge is 0.408 e. The minimum absolute atomic E-state index is 0.000703. The number of carbonyl (C=O) groups is 7. The summed E-state index contributed by atoms with van der Waals surface area (Å²) in [7, 11) is 0. The Kier molecular flexibility index (Phi) is 19.4. The molecule has 3 aliphatic heterocycles. The summed E-state index contributed by atoms with van der Waals surface area (Å²) in [6.45, 7) is 18.7. The van der Waals surface area contributed by atoms with Crippen LogP contribution in [0.25, 0.3) is 10.4 Å². The maximum Gasteiger partial charge on any atom is 0.408 e. The molecule has 0 saturated carbocycles. The third-order valence-electron chi connectivity index (χ3n) is 15.1. The Morgan fingerprint density at radius 1 is 0.886 bits per heavy atom. The van der Waals surface area contributed by atoms with Crippen molar-refractivity contribution in [3.8, 4) is 10.4 Å². The zero-order valence-electron chi connectivity index (χ0n) is 47.4. The largest absolute Gasteiger partial charge is 0.444 e. The van der Waals surface area contributed by atoms with Gasteiger partial charge in [0.1, 0.15) is 29.8 Å². The number of thiazole rings is 1. The summed E-state index contributed by atoms with van der Waals surface area (Å²) in [6, 6.07) is 15.1. The number of unbranched alkanes of at least 4 members (excludes halogenated alkanes) is 1. The van der Waals surface area contributed by atoms with Crippen molar-refractivity contribution in [2.75, 3.05) is 11.4 Å². The summed E-state index contributed by atoms with van der Waals surface area (Å²) < 4.78 is 11.8. The lowest BCUT2D eigenvalue weighted by Crippen LogP contribution is -2.57. The fourth-order valence-electron chi connectivity index (χ4n) is 10.7. The molecule has 1 aromatic heterocycles. The Balaban J connectivity index is 0.895. The van der Waals surface area contributed by atoms with E-state index in [-0.39, 0.29) is 63.1 Å². The molecule has 0 aliphatic carbocycles. The molecule has 1 saturated heterocycles. The second kappa shape index (κ2) is 25.6.